The number of para-hydroxylation sites is 2. The molecular weight excluding hydrogens is 390 g/mol. The quantitative estimate of drug-likeness (QED) is 0.690. The average molecular weight is 412 g/mol. The van der Waals surface area contributed by atoms with Crippen LogP contribution in [0.3, 0.4) is 0 Å². The van der Waals surface area contributed by atoms with Crippen molar-refractivity contribution in [2.45, 2.75) is 32.9 Å². The summed E-state index contributed by atoms with van der Waals surface area (Å²) in [5.74, 6) is -0.949. The van der Waals surface area contributed by atoms with Crippen molar-refractivity contribution in [3.63, 3.8) is 0 Å². The van der Waals surface area contributed by atoms with Crippen molar-refractivity contribution in [3.8, 4) is 0 Å². The van der Waals surface area contributed by atoms with Crippen LogP contribution in [0.15, 0.2) is 48.5 Å². The van der Waals surface area contributed by atoms with Crippen molar-refractivity contribution in [3.05, 3.63) is 59.9 Å². The van der Waals surface area contributed by atoms with E-state index < -0.39 is 18.5 Å². The van der Waals surface area contributed by atoms with Crippen LogP contribution in [0, 0.1) is 12.8 Å². The summed E-state index contributed by atoms with van der Waals surface area (Å²) in [5.41, 5.74) is 2.57. The number of hydrogen-bond acceptors (Lipinski definition) is 3. The van der Waals surface area contributed by atoms with Gasteiger partial charge in [-0.3, -0.25) is 14.2 Å². The lowest BCUT2D eigenvalue weighted by molar-refractivity contribution is -0.127. The minimum atomic E-state index is -2.78. The van der Waals surface area contributed by atoms with E-state index in [-0.39, 0.29) is 30.6 Å². The van der Waals surface area contributed by atoms with Gasteiger partial charge in [0.05, 0.1) is 23.0 Å². The summed E-state index contributed by atoms with van der Waals surface area (Å²) >= 11 is 0. The largest absolute Gasteiger partial charge is 0.346 e. The van der Waals surface area contributed by atoms with Crippen molar-refractivity contribution < 1.29 is 18.4 Å². The molecule has 8 heteroatoms. The van der Waals surface area contributed by atoms with Crippen molar-refractivity contribution in [1.82, 2.24) is 14.9 Å². The maximum atomic E-state index is 13.7. The highest BCUT2D eigenvalue weighted by Gasteiger charge is 2.36. The molecule has 156 valence electrons. The Bertz CT molecular complexity index is 1090. The first-order valence-corrected chi connectivity index (χ1v) is 9.77. The summed E-state index contributed by atoms with van der Waals surface area (Å²) in [6.45, 7) is 1.05. The van der Waals surface area contributed by atoms with Crippen molar-refractivity contribution in [1.29, 1.82) is 0 Å². The number of rotatable bonds is 5. The molecule has 0 radical (unpaired) electrons. The van der Waals surface area contributed by atoms with E-state index in [2.05, 4.69) is 10.3 Å². The number of aromatic nitrogens is 2. The summed E-state index contributed by atoms with van der Waals surface area (Å²) < 4.78 is 28.2. The molecule has 2 heterocycles. The number of imidazole rings is 1. The van der Waals surface area contributed by atoms with E-state index in [1.54, 1.807) is 36.1 Å². The third kappa shape index (κ3) is 3.65. The lowest BCUT2D eigenvalue weighted by Crippen LogP contribution is -2.35. The first-order chi connectivity index (χ1) is 14.3. The fourth-order valence-electron chi connectivity index (χ4n) is 3.83. The summed E-state index contributed by atoms with van der Waals surface area (Å²) in [6.07, 6.45) is 0.0810. The van der Waals surface area contributed by atoms with Crippen LogP contribution in [0.2, 0.25) is 0 Å². The third-order valence-corrected chi connectivity index (χ3v) is 5.41. The van der Waals surface area contributed by atoms with Crippen LogP contribution in [-0.2, 0) is 9.59 Å². The summed E-state index contributed by atoms with van der Waals surface area (Å²) in [6, 6.07) is 13.4. The molecule has 1 aromatic heterocycles. The molecule has 2 atom stereocenters. The van der Waals surface area contributed by atoms with Crippen LogP contribution in [0.1, 0.15) is 37.3 Å². The molecule has 30 heavy (non-hydrogen) atoms. The van der Waals surface area contributed by atoms with Gasteiger partial charge in [-0.1, -0.05) is 29.8 Å². The van der Waals surface area contributed by atoms with E-state index in [0.29, 0.717) is 11.0 Å². The van der Waals surface area contributed by atoms with Gasteiger partial charge in [-0.25, -0.2) is 4.98 Å². The summed E-state index contributed by atoms with van der Waals surface area (Å²) in [4.78, 5) is 31.1. The smallest absolute Gasteiger partial charge is 0.320 e. The number of aryl methyl sites for hydroxylation is 1. The molecule has 0 spiro atoms. The zero-order valence-electron chi connectivity index (χ0n) is 16.7. The van der Waals surface area contributed by atoms with Gasteiger partial charge in [0.25, 0.3) is 0 Å². The van der Waals surface area contributed by atoms with Crippen LogP contribution >= 0.6 is 0 Å². The molecule has 2 amide bonds. The van der Waals surface area contributed by atoms with Gasteiger partial charge >= 0.3 is 6.55 Å². The second kappa shape index (κ2) is 7.85. The average Bonchev–Trinajstić information content (AvgIpc) is 3.29. The van der Waals surface area contributed by atoms with Crippen LogP contribution < -0.4 is 10.2 Å². The second-order valence-corrected chi connectivity index (χ2v) is 7.58. The second-order valence-electron chi connectivity index (χ2n) is 7.58. The molecule has 0 bridgehead atoms. The minimum absolute atomic E-state index is 0.0810. The Hall–Kier alpha value is -3.29. The molecule has 0 aliphatic carbocycles. The lowest BCUT2D eigenvalue weighted by Gasteiger charge is -2.19. The van der Waals surface area contributed by atoms with Gasteiger partial charge in [-0.15, -0.1) is 0 Å². The van der Waals surface area contributed by atoms with E-state index in [9.17, 15) is 18.4 Å². The number of halogens is 2. The molecule has 1 N–H and O–H groups in total. The molecule has 2 aromatic carbocycles. The number of carbonyl (C=O) groups excluding carboxylic acids is 2. The third-order valence-electron chi connectivity index (χ3n) is 5.41. The van der Waals surface area contributed by atoms with E-state index in [0.717, 1.165) is 15.8 Å². The molecule has 6 nitrogen and oxygen atoms in total. The Kier molecular flexibility index (Phi) is 5.24. The molecule has 1 saturated heterocycles. The van der Waals surface area contributed by atoms with Gasteiger partial charge < -0.3 is 10.2 Å². The predicted octanol–water partition coefficient (Wildman–Crippen LogP) is 3.97. The van der Waals surface area contributed by atoms with Gasteiger partial charge in [0.1, 0.15) is 5.82 Å². The zero-order valence-corrected chi connectivity index (χ0v) is 16.7. The lowest BCUT2D eigenvalue weighted by atomic mass is 10.1. The molecular formula is C22H22F2N4O2. The minimum Gasteiger partial charge on any atom is -0.346 e. The summed E-state index contributed by atoms with van der Waals surface area (Å²) in [5, 5.41) is 2.76. The number of alkyl halides is 2. The van der Waals surface area contributed by atoms with Gasteiger partial charge in [-0.05, 0) is 38.1 Å². The predicted molar refractivity (Wildman–Crippen MR) is 109 cm³/mol. The maximum Gasteiger partial charge on any atom is 0.320 e. The van der Waals surface area contributed by atoms with Gasteiger partial charge in [0.2, 0.25) is 11.8 Å². The molecule has 4 rings (SSSR count). The Morgan fingerprint density at radius 1 is 1.17 bits per heavy atom. The topological polar surface area (TPSA) is 67.2 Å². The van der Waals surface area contributed by atoms with Crippen molar-refractivity contribution >= 4 is 28.5 Å². The molecule has 3 aromatic rings. The Morgan fingerprint density at radius 3 is 2.57 bits per heavy atom. The summed E-state index contributed by atoms with van der Waals surface area (Å²) in [7, 11) is 0. The first kappa shape index (κ1) is 20.0. The zero-order chi connectivity index (χ0) is 21.4. The highest BCUT2D eigenvalue weighted by Crippen LogP contribution is 2.28. The maximum absolute atomic E-state index is 13.7. The van der Waals surface area contributed by atoms with E-state index >= 15 is 0 Å². The molecule has 1 aliphatic rings. The van der Waals surface area contributed by atoms with Gasteiger partial charge in [-0.2, -0.15) is 8.78 Å². The Morgan fingerprint density at radius 2 is 1.87 bits per heavy atom. The standard InChI is InChI=1S/C22H22F2N4O2/c1-13-7-9-16(10-8-13)27-12-15(11-19(27)29)21(30)25-14(2)20-26-17-5-3-4-6-18(17)28(20)22(23)24/h3-10,14-15,22H,11-12H2,1-2H3,(H,25,30). The van der Waals surface area contributed by atoms with Gasteiger partial charge in [0.15, 0.2) is 0 Å². The highest BCUT2D eigenvalue weighted by molar-refractivity contribution is 6.00. The fraction of sp³-hybridized carbons (Fsp3) is 0.318. The normalized spacial score (nSPS) is 17.7. The number of benzene rings is 2. The number of fused-ring (bicyclic) bond motifs is 1. The number of nitrogens with one attached hydrogen (secondary N) is 1. The SMILES string of the molecule is Cc1ccc(N2CC(C(=O)NC(C)c3nc4ccccc4n3C(F)F)CC2=O)cc1. The van der Waals surface area contributed by atoms with Crippen LogP contribution in [-0.4, -0.2) is 27.9 Å². The Balaban J connectivity index is 1.50. The van der Waals surface area contributed by atoms with E-state index in [1.165, 1.54) is 0 Å². The number of nitrogens with zero attached hydrogens (tertiary/aromatic N) is 3. The van der Waals surface area contributed by atoms with Crippen molar-refractivity contribution in [2.75, 3.05) is 11.4 Å². The number of anilines is 1. The van der Waals surface area contributed by atoms with Crippen LogP contribution in [0.25, 0.3) is 11.0 Å². The van der Waals surface area contributed by atoms with Crippen molar-refractivity contribution in [2.24, 2.45) is 5.92 Å². The molecule has 0 saturated carbocycles. The number of amides is 2. The number of hydrogen-bond donors (Lipinski definition) is 1. The van der Waals surface area contributed by atoms with E-state index in [4.69, 9.17) is 0 Å². The molecule has 1 aliphatic heterocycles. The fourth-order valence-corrected chi connectivity index (χ4v) is 3.83. The van der Waals surface area contributed by atoms with Crippen LogP contribution in [0.4, 0.5) is 14.5 Å². The van der Waals surface area contributed by atoms with Crippen LogP contribution in [0.5, 0.6) is 0 Å². The molecule has 1 fully saturated rings. The molecule has 2 unspecified atom stereocenters. The Labute approximate surface area is 172 Å². The first-order valence-electron chi connectivity index (χ1n) is 9.77. The van der Waals surface area contributed by atoms with Gasteiger partial charge in [0, 0.05) is 18.7 Å². The number of carbonyl (C=O) groups is 2. The monoisotopic (exact) mass is 412 g/mol. The highest BCUT2D eigenvalue weighted by atomic mass is 19.3. The van der Waals surface area contributed by atoms with E-state index in [1.807, 2.05) is 31.2 Å².